The molecule has 0 heterocycles. The van der Waals surface area contributed by atoms with Crippen molar-refractivity contribution < 1.29 is 19.0 Å². The third kappa shape index (κ3) is 6.46. The lowest BCUT2D eigenvalue weighted by Gasteiger charge is -2.13. The van der Waals surface area contributed by atoms with Gasteiger partial charge in [0.25, 0.3) is 5.91 Å². The lowest BCUT2D eigenvalue weighted by Crippen LogP contribution is -2.31. The van der Waals surface area contributed by atoms with Crippen LogP contribution >= 0.6 is 0 Å². The molecule has 0 fully saturated rings. The van der Waals surface area contributed by atoms with Crippen LogP contribution in [0.5, 0.6) is 11.5 Å². The highest BCUT2D eigenvalue weighted by atomic mass is 16.5. The second-order valence-corrected chi connectivity index (χ2v) is 4.39. The molecule has 0 atom stereocenters. The van der Waals surface area contributed by atoms with Gasteiger partial charge in [0.2, 0.25) is 0 Å². The van der Waals surface area contributed by atoms with E-state index in [9.17, 15) is 4.79 Å². The topological polar surface area (TPSA) is 68.8 Å². The first-order valence-electron chi connectivity index (χ1n) is 6.97. The van der Waals surface area contributed by atoms with Gasteiger partial charge in [0.1, 0.15) is 11.5 Å². The summed E-state index contributed by atoms with van der Waals surface area (Å²) < 4.78 is 15.6. The van der Waals surface area contributed by atoms with Gasteiger partial charge in [-0.15, -0.1) is 0 Å². The zero-order valence-electron chi connectivity index (χ0n) is 12.9. The van der Waals surface area contributed by atoms with Crippen LogP contribution in [-0.2, 0) is 16.1 Å². The second kappa shape index (κ2) is 10.0. The van der Waals surface area contributed by atoms with Crippen molar-refractivity contribution in [3.05, 3.63) is 23.8 Å². The number of carbonyl (C=O) groups is 1. The SMILES string of the molecule is CCNCc1ccc(OC)cc1OCC(=O)NCCOC. The Morgan fingerprint density at radius 3 is 2.76 bits per heavy atom. The summed E-state index contributed by atoms with van der Waals surface area (Å²) in [6, 6.07) is 5.59. The summed E-state index contributed by atoms with van der Waals surface area (Å²) in [5.41, 5.74) is 0.988. The summed E-state index contributed by atoms with van der Waals surface area (Å²) in [7, 11) is 3.19. The molecule has 0 spiro atoms. The maximum absolute atomic E-state index is 11.6. The van der Waals surface area contributed by atoms with Crippen molar-refractivity contribution in [1.29, 1.82) is 0 Å². The highest BCUT2D eigenvalue weighted by molar-refractivity contribution is 5.77. The van der Waals surface area contributed by atoms with E-state index in [2.05, 4.69) is 10.6 Å². The molecule has 1 aromatic rings. The highest BCUT2D eigenvalue weighted by Gasteiger charge is 2.08. The van der Waals surface area contributed by atoms with Gasteiger partial charge < -0.3 is 24.8 Å². The van der Waals surface area contributed by atoms with E-state index in [4.69, 9.17) is 14.2 Å². The lowest BCUT2D eigenvalue weighted by atomic mass is 10.2. The maximum Gasteiger partial charge on any atom is 0.258 e. The maximum atomic E-state index is 11.6. The molecule has 1 amide bonds. The fourth-order valence-electron chi connectivity index (χ4n) is 1.69. The van der Waals surface area contributed by atoms with Crippen molar-refractivity contribution in [3.63, 3.8) is 0 Å². The Kier molecular flexibility index (Phi) is 8.23. The van der Waals surface area contributed by atoms with Gasteiger partial charge in [-0.2, -0.15) is 0 Å². The molecule has 0 aliphatic carbocycles. The van der Waals surface area contributed by atoms with Crippen LogP contribution in [0.3, 0.4) is 0 Å². The zero-order chi connectivity index (χ0) is 15.5. The number of carbonyl (C=O) groups excluding carboxylic acids is 1. The molecule has 0 saturated carbocycles. The van der Waals surface area contributed by atoms with Gasteiger partial charge in [0.15, 0.2) is 6.61 Å². The van der Waals surface area contributed by atoms with Crippen LogP contribution in [0.2, 0.25) is 0 Å². The largest absolute Gasteiger partial charge is 0.497 e. The molecule has 0 aliphatic rings. The van der Waals surface area contributed by atoms with Crippen LogP contribution in [0.1, 0.15) is 12.5 Å². The number of ether oxygens (including phenoxy) is 3. The molecule has 21 heavy (non-hydrogen) atoms. The minimum absolute atomic E-state index is 0.0317. The van der Waals surface area contributed by atoms with E-state index in [1.807, 2.05) is 19.1 Å². The normalized spacial score (nSPS) is 10.2. The fraction of sp³-hybridized carbons (Fsp3) is 0.533. The molecule has 118 valence electrons. The molecule has 0 bridgehead atoms. The van der Waals surface area contributed by atoms with Crippen LogP contribution < -0.4 is 20.1 Å². The van der Waals surface area contributed by atoms with E-state index in [1.165, 1.54) is 0 Å². The van der Waals surface area contributed by atoms with Gasteiger partial charge in [-0.25, -0.2) is 0 Å². The van der Waals surface area contributed by atoms with Gasteiger partial charge >= 0.3 is 0 Å². The molecular formula is C15H24N2O4. The van der Waals surface area contributed by atoms with Crippen molar-refractivity contribution in [2.45, 2.75) is 13.5 Å². The average molecular weight is 296 g/mol. The van der Waals surface area contributed by atoms with E-state index >= 15 is 0 Å². The Balaban J connectivity index is 2.59. The summed E-state index contributed by atoms with van der Waals surface area (Å²) in [5, 5.41) is 5.94. The van der Waals surface area contributed by atoms with E-state index in [0.717, 1.165) is 12.1 Å². The first-order valence-corrected chi connectivity index (χ1v) is 6.97. The molecule has 1 aromatic carbocycles. The standard InChI is InChI=1S/C15H24N2O4/c1-4-16-10-12-5-6-13(20-3)9-14(12)21-11-15(18)17-7-8-19-2/h5-6,9,16H,4,7-8,10-11H2,1-3H3,(H,17,18). The first kappa shape index (κ1) is 17.3. The summed E-state index contributed by atoms with van der Waals surface area (Å²) in [4.78, 5) is 11.6. The van der Waals surface area contributed by atoms with Gasteiger partial charge in [0, 0.05) is 31.8 Å². The first-order chi connectivity index (χ1) is 10.2. The van der Waals surface area contributed by atoms with Crippen LogP contribution in [-0.4, -0.2) is 46.4 Å². The summed E-state index contributed by atoms with van der Waals surface area (Å²) in [6.45, 7) is 4.50. The van der Waals surface area contributed by atoms with Crippen LogP contribution in [0.15, 0.2) is 18.2 Å². The van der Waals surface area contributed by atoms with Crippen molar-refractivity contribution in [2.24, 2.45) is 0 Å². The minimum Gasteiger partial charge on any atom is -0.497 e. The third-order valence-electron chi connectivity index (χ3n) is 2.83. The Morgan fingerprint density at radius 1 is 1.29 bits per heavy atom. The van der Waals surface area contributed by atoms with Gasteiger partial charge in [-0.3, -0.25) is 4.79 Å². The second-order valence-electron chi connectivity index (χ2n) is 4.39. The zero-order valence-corrected chi connectivity index (χ0v) is 12.9. The molecule has 0 unspecified atom stereocenters. The lowest BCUT2D eigenvalue weighted by molar-refractivity contribution is -0.123. The molecule has 0 saturated heterocycles. The quantitative estimate of drug-likeness (QED) is 0.629. The Hall–Kier alpha value is -1.79. The number of methoxy groups -OCH3 is 2. The summed E-state index contributed by atoms with van der Waals surface area (Å²) in [5.74, 6) is 1.17. The average Bonchev–Trinajstić information content (AvgIpc) is 2.51. The highest BCUT2D eigenvalue weighted by Crippen LogP contribution is 2.24. The van der Waals surface area contributed by atoms with E-state index < -0.39 is 0 Å². The molecule has 2 N–H and O–H groups in total. The molecular weight excluding hydrogens is 272 g/mol. The number of hydrogen-bond donors (Lipinski definition) is 2. The van der Waals surface area contributed by atoms with E-state index in [-0.39, 0.29) is 12.5 Å². The smallest absolute Gasteiger partial charge is 0.258 e. The Bertz CT molecular complexity index is 438. The molecule has 0 radical (unpaired) electrons. The molecule has 1 rings (SSSR count). The summed E-state index contributed by atoms with van der Waals surface area (Å²) >= 11 is 0. The number of hydrogen-bond acceptors (Lipinski definition) is 5. The summed E-state index contributed by atoms with van der Waals surface area (Å²) in [6.07, 6.45) is 0. The van der Waals surface area contributed by atoms with Gasteiger partial charge in [-0.05, 0) is 12.6 Å². The monoisotopic (exact) mass is 296 g/mol. The predicted molar refractivity (Wildman–Crippen MR) is 80.8 cm³/mol. The number of amides is 1. The van der Waals surface area contributed by atoms with E-state index in [1.54, 1.807) is 20.3 Å². The molecule has 0 aromatic heterocycles. The Morgan fingerprint density at radius 2 is 2.10 bits per heavy atom. The Labute approximate surface area is 125 Å². The van der Waals surface area contributed by atoms with E-state index in [0.29, 0.717) is 31.2 Å². The number of rotatable bonds is 10. The van der Waals surface area contributed by atoms with Crippen molar-refractivity contribution >= 4 is 5.91 Å². The molecule has 6 nitrogen and oxygen atoms in total. The third-order valence-corrected chi connectivity index (χ3v) is 2.83. The van der Waals surface area contributed by atoms with Gasteiger partial charge in [0.05, 0.1) is 13.7 Å². The van der Waals surface area contributed by atoms with Gasteiger partial charge in [-0.1, -0.05) is 13.0 Å². The van der Waals surface area contributed by atoms with Crippen molar-refractivity contribution in [2.75, 3.05) is 40.5 Å². The molecule has 0 aliphatic heterocycles. The molecule has 6 heteroatoms. The number of nitrogens with one attached hydrogen (secondary N) is 2. The number of benzene rings is 1. The van der Waals surface area contributed by atoms with Crippen molar-refractivity contribution in [3.8, 4) is 11.5 Å². The van der Waals surface area contributed by atoms with Crippen LogP contribution in [0, 0.1) is 0 Å². The van der Waals surface area contributed by atoms with Crippen LogP contribution in [0.25, 0.3) is 0 Å². The van der Waals surface area contributed by atoms with Crippen molar-refractivity contribution in [1.82, 2.24) is 10.6 Å². The fourth-order valence-corrected chi connectivity index (χ4v) is 1.69. The van der Waals surface area contributed by atoms with Crippen LogP contribution in [0.4, 0.5) is 0 Å². The minimum atomic E-state index is -0.177. The predicted octanol–water partition coefficient (Wildman–Crippen LogP) is 0.946.